The summed E-state index contributed by atoms with van der Waals surface area (Å²) in [4.78, 5) is 12.1. The molecule has 0 radical (unpaired) electrons. The Hall–Kier alpha value is -2.29. The number of carbonyl (C=O) groups is 1. The lowest BCUT2D eigenvalue weighted by molar-refractivity contribution is -0.121. The summed E-state index contributed by atoms with van der Waals surface area (Å²) in [6, 6.07) is 18.7. The van der Waals surface area contributed by atoms with E-state index in [1.807, 2.05) is 44.2 Å². The van der Waals surface area contributed by atoms with Crippen molar-refractivity contribution in [3.63, 3.8) is 0 Å². The van der Waals surface area contributed by atoms with Crippen LogP contribution in [0.3, 0.4) is 0 Å². The van der Waals surface area contributed by atoms with Gasteiger partial charge in [-0.3, -0.25) is 4.79 Å². The lowest BCUT2D eigenvalue weighted by Gasteiger charge is -2.14. The van der Waals surface area contributed by atoms with Gasteiger partial charge in [0.05, 0.1) is 6.10 Å². The van der Waals surface area contributed by atoms with Crippen molar-refractivity contribution in [3.8, 4) is 5.75 Å². The zero-order valence-corrected chi connectivity index (χ0v) is 16.2. The number of aryl methyl sites for hydroxylation is 2. The number of hydrogen-bond acceptors (Lipinski definition) is 2. The minimum absolute atomic E-state index is 0.147. The summed E-state index contributed by atoms with van der Waals surface area (Å²) in [5.74, 6) is 1.05. The smallest absolute Gasteiger partial charge is 0.220 e. The molecule has 0 aliphatic carbocycles. The van der Waals surface area contributed by atoms with Crippen molar-refractivity contribution >= 4 is 5.91 Å². The van der Waals surface area contributed by atoms with Crippen molar-refractivity contribution in [3.05, 3.63) is 65.7 Å². The number of hydrogen-bond donors (Lipinski definition) is 1. The standard InChI is InChI=1S/C23H31NO2/c1-18(2)26-22-16-14-21(15-17-22)13-12-19(3)24-23(25)11-7-10-20-8-5-4-6-9-20/h4-6,8-9,14-19H,7,10-13H2,1-3H3,(H,24,25). The maximum absolute atomic E-state index is 12.1. The first-order chi connectivity index (χ1) is 12.5. The van der Waals surface area contributed by atoms with Gasteiger partial charge in [0.2, 0.25) is 5.91 Å². The van der Waals surface area contributed by atoms with E-state index < -0.39 is 0 Å². The zero-order chi connectivity index (χ0) is 18.8. The van der Waals surface area contributed by atoms with E-state index in [2.05, 4.69) is 36.5 Å². The highest BCUT2D eigenvalue weighted by Gasteiger charge is 2.08. The number of nitrogens with one attached hydrogen (secondary N) is 1. The molecule has 0 aliphatic heterocycles. The zero-order valence-electron chi connectivity index (χ0n) is 16.2. The molecule has 2 aromatic carbocycles. The predicted octanol–water partition coefficient (Wildman–Crippen LogP) is 4.93. The van der Waals surface area contributed by atoms with Gasteiger partial charge in [0.25, 0.3) is 0 Å². The van der Waals surface area contributed by atoms with Crippen LogP contribution in [0.2, 0.25) is 0 Å². The largest absolute Gasteiger partial charge is 0.491 e. The fraction of sp³-hybridized carbons (Fsp3) is 0.435. The Bertz CT molecular complexity index is 650. The van der Waals surface area contributed by atoms with Crippen molar-refractivity contribution in [2.75, 3.05) is 0 Å². The lowest BCUT2D eigenvalue weighted by atomic mass is 10.1. The topological polar surface area (TPSA) is 38.3 Å². The molecule has 0 aromatic heterocycles. The Morgan fingerprint density at radius 2 is 1.58 bits per heavy atom. The van der Waals surface area contributed by atoms with Crippen LogP contribution >= 0.6 is 0 Å². The summed E-state index contributed by atoms with van der Waals surface area (Å²) in [7, 11) is 0. The average molecular weight is 354 g/mol. The van der Waals surface area contributed by atoms with Crippen LogP contribution in [0, 0.1) is 0 Å². The molecule has 3 nitrogen and oxygen atoms in total. The first-order valence-corrected chi connectivity index (χ1v) is 9.62. The van der Waals surface area contributed by atoms with E-state index in [9.17, 15) is 4.79 Å². The molecule has 26 heavy (non-hydrogen) atoms. The Balaban J connectivity index is 1.64. The van der Waals surface area contributed by atoms with Crippen LogP contribution in [0.15, 0.2) is 54.6 Å². The third kappa shape index (κ3) is 7.73. The molecule has 0 saturated heterocycles. The SMILES string of the molecule is CC(CCc1ccc(OC(C)C)cc1)NC(=O)CCCc1ccccc1. The minimum atomic E-state index is 0.147. The fourth-order valence-electron chi connectivity index (χ4n) is 2.91. The van der Waals surface area contributed by atoms with Gasteiger partial charge in [-0.15, -0.1) is 0 Å². The highest BCUT2D eigenvalue weighted by Crippen LogP contribution is 2.15. The number of amides is 1. The molecule has 0 saturated carbocycles. The van der Waals surface area contributed by atoms with Gasteiger partial charge in [0.15, 0.2) is 0 Å². The summed E-state index contributed by atoms with van der Waals surface area (Å²) >= 11 is 0. The first kappa shape index (κ1) is 20.0. The monoisotopic (exact) mass is 353 g/mol. The van der Waals surface area contributed by atoms with Gasteiger partial charge >= 0.3 is 0 Å². The molecular formula is C23H31NO2. The van der Waals surface area contributed by atoms with Crippen molar-refractivity contribution in [1.29, 1.82) is 0 Å². The number of carbonyl (C=O) groups excluding carboxylic acids is 1. The molecule has 3 heteroatoms. The Morgan fingerprint density at radius 1 is 0.923 bits per heavy atom. The number of benzene rings is 2. The van der Waals surface area contributed by atoms with Crippen LogP contribution < -0.4 is 10.1 Å². The van der Waals surface area contributed by atoms with Crippen molar-refractivity contribution < 1.29 is 9.53 Å². The molecule has 0 aliphatic rings. The molecule has 1 unspecified atom stereocenters. The lowest BCUT2D eigenvalue weighted by Crippen LogP contribution is -2.32. The van der Waals surface area contributed by atoms with Gasteiger partial charge < -0.3 is 10.1 Å². The fourth-order valence-corrected chi connectivity index (χ4v) is 2.91. The second-order valence-corrected chi connectivity index (χ2v) is 7.16. The first-order valence-electron chi connectivity index (χ1n) is 9.62. The average Bonchev–Trinajstić information content (AvgIpc) is 2.61. The van der Waals surface area contributed by atoms with Crippen LogP contribution in [-0.4, -0.2) is 18.1 Å². The molecule has 140 valence electrons. The second-order valence-electron chi connectivity index (χ2n) is 7.16. The van der Waals surface area contributed by atoms with Crippen LogP contribution in [0.5, 0.6) is 5.75 Å². The van der Waals surface area contributed by atoms with E-state index in [1.165, 1.54) is 11.1 Å². The molecule has 2 aromatic rings. The number of rotatable bonds is 10. The summed E-state index contributed by atoms with van der Waals surface area (Å²) in [6.45, 7) is 6.13. The Labute approximate surface area is 157 Å². The normalized spacial score (nSPS) is 12.0. The van der Waals surface area contributed by atoms with Crippen molar-refractivity contribution in [2.24, 2.45) is 0 Å². The van der Waals surface area contributed by atoms with Gasteiger partial charge in [-0.25, -0.2) is 0 Å². The molecular weight excluding hydrogens is 322 g/mol. The molecule has 0 fully saturated rings. The highest BCUT2D eigenvalue weighted by atomic mass is 16.5. The third-order valence-electron chi connectivity index (χ3n) is 4.28. The number of ether oxygens (including phenoxy) is 1. The van der Waals surface area contributed by atoms with E-state index in [0.29, 0.717) is 6.42 Å². The van der Waals surface area contributed by atoms with E-state index in [1.54, 1.807) is 0 Å². The van der Waals surface area contributed by atoms with E-state index in [4.69, 9.17) is 4.74 Å². The van der Waals surface area contributed by atoms with Crippen LogP contribution in [-0.2, 0) is 17.6 Å². The molecule has 1 amide bonds. The Kier molecular flexibility index (Phi) is 8.20. The predicted molar refractivity (Wildman–Crippen MR) is 108 cm³/mol. The van der Waals surface area contributed by atoms with Gasteiger partial charge in [-0.2, -0.15) is 0 Å². The van der Waals surface area contributed by atoms with Gasteiger partial charge in [0.1, 0.15) is 5.75 Å². The second kappa shape index (κ2) is 10.6. The minimum Gasteiger partial charge on any atom is -0.491 e. The summed E-state index contributed by atoms with van der Waals surface area (Å²) in [5.41, 5.74) is 2.56. The van der Waals surface area contributed by atoms with E-state index in [0.717, 1.165) is 31.4 Å². The maximum Gasteiger partial charge on any atom is 0.220 e. The molecule has 0 spiro atoms. The van der Waals surface area contributed by atoms with E-state index in [-0.39, 0.29) is 18.1 Å². The highest BCUT2D eigenvalue weighted by molar-refractivity contribution is 5.76. The summed E-state index contributed by atoms with van der Waals surface area (Å²) in [5, 5.41) is 3.11. The van der Waals surface area contributed by atoms with Gasteiger partial charge in [-0.1, -0.05) is 42.5 Å². The quantitative estimate of drug-likeness (QED) is 0.657. The Morgan fingerprint density at radius 3 is 2.23 bits per heavy atom. The van der Waals surface area contributed by atoms with E-state index >= 15 is 0 Å². The van der Waals surface area contributed by atoms with Crippen LogP contribution in [0.25, 0.3) is 0 Å². The third-order valence-corrected chi connectivity index (χ3v) is 4.28. The van der Waals surface area contributed by atoms with Crippen LogP contribution in [0.1, 0.15) is 51.2 Å². The van der Waals surface area contributed by atoms with Crippen LogP contribution in [0.4, 0.5) is 0 Å². The molecule has 2 rings (SSSR count). The van der Waals surface area contributed by atoms with Crippen molar-refractivity contribution in [1.82, 2.24) is 5.32 Å². The van der Waals surface area contributed by atoms with Crippen molar-refractivity contribution in [2.45, 2.75) is 65.0 Å². The molecule has 0 bridgehead atoms. The van der Waals surface area contributed by atoms with Gasteiger partial charge in [0, 0.05) is 12.5 Å². The summed E-state index contributed by atoms with van der Waals surface area (Å²) in [6.07, 6.45) is 4.51. The molecule has 1 N–H and O–H groups in total. The maximum atomic E-state index is 12.1. The summed E-state index contributed by atoms with van der Waals surface area (Å²) < 4.78 is 5.66. The molecule has 1 atom stereocenters. The molecule has 0 heterocycles. The van der Waals surface area contributed by atoms with Gasteiger partial charge in [-0.05, 0) is 69.7 Å².